The highest BCUT2D eigenvalue weighted by atomic mass is 127. The first kappa shape index (κ1) is 18.5. The Bertz CT molecular complexity index is 841. The predicted octanol–water partition coefficient (Wildman–Crippen LogP) is 4.90. The van der Waals surface area contributed by atoms with E-state index in [1.165, 1.54) is 12.0 Å². The highest BCUT2D eigenvalue weighted by Gasteiger charge is 2.54. The first-order chi connectivity index (χ1) is 11.7. The van der Waals surface area contributed by atoms with Gasteiger partial charge >= 0.3 is 7.12 Å². The van der Waals surface area contributed by atoms with Crippen LogP contribution in [0.15, 0.2) is 12.3 Å². The minimum absolute atomic E-state index is 0.375. The fourth-order valence-electron chi connectivity index (χ4n) is 3.56. The highest BCUT2D eigenvalue weighted by Crippen LogP contribution is 2.50. The van der Waals surface area contributed by atoms with Crippen LogP contribution >= 0.6 is 40.0 Å². The van der Waals surface area contributed by atoms with Crippen LogP contribution in [0.5, 0.6) is 0 Å². The van der Waals surface area contributed by atoms with E-state index in [1.54, 1.807) is 0 Å². The molecule has 2 aromatic rings. The summed E-state index contributed by atoms with van der Waals surface area (Å²) < 4.78 is 14.8. The Morgan fingerprint density at radius 2 is 1.92 bits per heavy atom. The van der Waals surface area contributed by atoms with Crippen LogP contribution in [-0.4, -0.2) is 27.9 Å². The SMILES string of the molecule is CC1CC1c1c(Cl)cc2c(cnn2PI)c1B1OC(C)(C)C(C)(C)O1. The summed E-state index contributed by atoms with van der Waals surface area (Å²) in [6.45, 7) is 10.6. The number of fused-ring (bicyclic) bond motifs is 1. The molecule has 0 spiro atoms. The Balaban J connectivity index is 1.93. The average Bonchev–Trinajstić information content (AvgIpc) is 3.00. The smallest absolute Gasteiger partial charge is 0.399 e. The number of nitrogens with zero attached hydrogens (tertiary/aromatic N) is 2. The van der Waals surface area contributed by atoms with Crippen LogP contribution in [0.2, 0.25) is 5.02 Å². The third-order valence-electron chi connectivity index (χ3n) is 5.96. The normalized spacial score (nSPS) is 27.7. The van der Waals surface area contributed by atoms with Crippen molar-refractivity contribution in [2.24, 2.45) is 5.92 Å². The van der Waals surface area contributed by atoms with Gasteiger partial charge in [0.05, 0.1) is 29.3 Å². The maximum absolute atomic E-state index is 6.76. The topological polar surface area (TPSA) is 36.3 Å². The second kappa shape index (κ2) is 6.06. The van der Waals surface area contributed by atoms with E-state index < -0.39 is 7.12 Å². The van der Waals surface area contributed by atoms with Gasteiger partial charge < -0.3 is 9.31 Å². The molecule has 4 nitrogen and oxygen atoms in total. The first-order valence-corrected chi connectivity index (χ1v) is 13.0. The quantitative estimate of drug-likeness (QED) is 0.349. The lowest BCUT2D eigenvalue weighted by Gasteiger charge is -2.32. The summed E-state index contributed by atoms with van der Waals surface area (Å²) in [5.74, 6) is 1.13. The van der Waals surface area contributed by atoms with Crippen molar-refractivity contribution in [1.29, 1.82) is 0 Å². The van der Waals surface area contributed by atoms with E-state index in [-0.39, 0.29) is 11.2 Å². The average molecular weight is 491 g/mol. The van der Waals surface area contributed by atoms with Crippen LogP contribution in [0.25, 0.3) is 10.9 Å². The summed E-state index contributed by atoms with van der Waals surface area (Å²) in [6.07, 6.45) is 3.63. The van der Waals surface area contributed by atoms with Gasteiger partial charge in [-0.15, -0.1) is 0 Å². The van der Waals surface area contributed by atoms with Gasteiger partial charge in [0.25, 0.3) is 0 Å². The van der Waals surface area contributed by atoms with E-state index in [4.69, 9.17) is 20.9 Å². The Kier molecular flexibility index (Phi) is 4.48. The van der Waals surface area contributed by atoms with E-state index in [9.17, 15) is 0 Å². The van der Waals surface area contributed by atoms with Crippen LogP contribution in [-0.2, 0) is 9.31 Å². The molecule has 4 rings (SSSR count). The van der Waals surface area contributed by atoms with E-state index in [0.29, 0.717) is 18.2 Å². The summed E-state index contributed by atoms with van der Waals surface area (Å²) in [4.78, 5) is 0. The fraction of sp³-hybridized carbons (Fsp3) is 0.588. The summed E-state index contributed by atoms with van der Waals surface area (Å²) in [7, 11) is -0.413. The van der Waals surface area contributed by atoms with Crippen LogP contribution in [0.4, 0.5) is 0 Å². The Morgan fingerprint density at radius 3 is 2.44 bits per heavy atom. The molecule has 25 heavy (non-hydrogen) atoms. The van der Waals surface area contributed by atoms with Gasteiger partial charge in [-0.3, -0.25) is 0 Å². The highest BCUT2D eigenvalue weighted by molar-refractivity contribution is 14.2. The molecule has 2 aliphatic rings. The summed E-state index contributed by atoms with van der Waals surface area (Å²) in [5.41, 5.74) is 2.58. The first-order valence-electron chi connectivity index (χ1n) is 8.58. The largest absolute Gasteiger partial charge is 0.495 e. The number of hydrogen-bond donors (Lipinski definition) is 0. The zero-order chi connectivity index (χ0) is 18.1. The molecule has 0 N–H and O–H groups in total. The van der Waals surface area contributed by atoms with Gasteiger partial charge in [0.1, 0.15) is 0 Å². The lowest BCUT2D eigenvalue weighted by molar-refractivity contribution is 0.00578. The van der Waals surface area contributed by atoms with Gasteiger partial charge in [-0.25, -0.2) is 4.45 Å². The van der Waals surface area contributed by atoms with Crippen LogP contribution < -0.4 is 5.46 Å². The molecule has 1 aromatic carbocycles. The lowest BCUT2D eigenvalue weighted by Crippen LogP contribution is -2.41. The van der Waals surface area contributed by atoms with Crippen molar-refractivity contribution in [3.8, 4) is 0 Å². The van der Waals surface area contributed by atoms with Crippen LogP contribution in [0.3, 0.4) is 0 Å². The van der Waals surface area contributed by atoms with Crippen molar-refractivity contribution in [1.82, 2.24) is 9.55 Å². The van der Waals surface area contributed by atoms with Gasteiger partial charge in [0.15, 0.2) is 0 Å². The molecule has 1 saturated carbocycles. The zero-order valence-corrected chi connectivity index (χ0v) is 19.0. The van der Waals surface area contributed by atoms with Gasteiger partial charge in [-0.05, 0) is 85.1 Å². The van der Waals surface area contributed by atoms with Crippen molar-refractivity contribution < 1.29 is 9.31 Å². The van der Waals surface area contributed by atoms with Crippen molar-refractivity contribution >= 4 is 63.5 Å². The third-order valence-corrected chi connectivity index (χ3v) is 8.16. The van der Waals surface area contributed by atoms with Crippen LogP contribution in [0.1, 0.15) is 52.5 Å². The maximum atomic E-state index is 6.76. The molecule has 1 aliphatic carbocycles. The summed E-state index contributed by atoms with van der Waals surface area (Å²) >= 11 is 9.10. The predicted molar refractivity (Wildman–Crippen MR) is 115 cm³/mol. The van der Waals surface area contributed by atoms with E-state index in [1.807, 2.05) is 10.6 Å². The Hall–Kier alpha value is 0.125. The van der Waals surface area contributed by atoms with E-state index in [2.05, 4.69) is 67.8 Å². The van der Waals surface area contributed by atoms with Gasteiger partial charge in [-0.2, -0.15) is 5.10 Å². The van der Waals surface area contributed by atoms with E-state index in [0.717, 1.165) is 21.4 Å². The monoisotopic (exact) mass is 490 g/mol. The number of halogens is 2. The molecule has 0 amide bonds. The molecule has 0 radical (unpaired) electrons. The molecule has 3 unspecified atom stereocenters. The molecule has 2 heterocycles. The molecule has 1 aromatic heterocycles. The third kappa shape index (κ3) is 2.87. The molecule has 0 bridgehead atoms. The van der Waals surface area contributed by atoms with Crippen molar-refractivity contribution in [3.63, 3.8) is 0 Å². The molecule has 3 atom stereocenters. The standard InChI is InChI=1S/C17H22BClIN2O2P/c1-9-6-10(9)14-12(19)7-13-11(8-21-22(13)25-20)15(14)18-23-16(2,3)17(4,5)24-18/h7-10,25H,6H2,1-5H3. The van der Waals surface area contributed by atoms with Crippen molar-refractivity contribution in [2.45, 2.75) is 58.2 Å². The number of hydrogen-bond acceptors (Lipinski definition) is 3. The van der Waals surface area contributed by atoms with Crippen molar-refractivity contribution in [3.05, 3.63) is 22.8 Å². The molecule has 1 saturated heterocycles. The summed E-state index contributed by atoms with van der Waals surface area (Å²) in [5, 5.41) is 6.46. The lowest BCUT2D eigenvalue weighted by atomic mass is 9.72. The fourth-order valence-corrected chi connectivity index (χ4v) is 5.44. The van der Waals surface area contributed by atoms with Gasteiger partial charge in [0, 0.05) is 10.4 Å². The minimum Gasteiger partial charge on any atom is -0.399 e. The second-order valence-corrected chi connectivity index (χ2v) is 10.6. The molecule has 1 aliphatic heterocycles. The number of rotatable bonds is 3. The molecule has 8 heteroatoms. The van der Waals surface area contributed by atoms with Gasteiger partial charge in [0.2, 0.25) is 0 Å². The van der Waals surface area contributed by atoms with E-state index >= 15 is 0 Å². The molecular formula is C17H22BClIN2O2P. The molecule has 2 fully saturated rings. The zero-order valence-electron chi connectivity index (χ0n) is 15.1. The second-order valence-electron chi connectivity index (χ2n) is 8.17. The van der Waals surface area contributed by atoms with Gasteiger partial charge in [-0.1, -0.05) is 18.5 Å². The number of aromatic nitrogens is 2. The van der Waals surface area contributed by atoms with Crippen LogP contribution in [0, 0.1) is 5.92 Å². The molecule has 134 valence electrons. The Labute approximate surface area is 168 Å². The maximum Gasteiger partial charge on any atom is 0.495 e. The summed E-state index contributed by atoms with van der Waals surface area (Å²) in [6, 6.07) is 2.06. The molecular weight excluding hydrogens is 468 g/mol. The number of benzene rings is 1. The Morgan fingerprint density at radius 1 is 1.32 bits per heavy atom. The minimum atomic E-state index is -0.413. The van der Waals surface area contributed by atoms with Crippen molar-refractivity contribution in [2.75, 3.05) is 0 Å².